The van der Waals surface area contributed by atoms with E-state index in [4.69, 9.17) is 10.7 Å². The van der Waals surface area contributed by atoms with Crippen LogP contribution in [0.25, 0.3) is 0 Å². The van der Waals surface area contributed by atoms with Gasteiger partial charge in [0.25, 0.3) is 9.05 Å². The SMILES string of the molecule is CN1CCc2cccc(S(=O)(=O)Cl)c2C1. The van der Waals surface area contributed by atoms with Crippen molar-refractivity contribution in [2.75, 3.05) is 13.6 Å². The van der Waals surface area contributed by atoms with Crippen LogP contribution in [0.3, 0.4) is 0 Å². The molecule has 1 aliphatic heterocycles. The summed E-state index contributed by atoms with van der Waals surface area (Å²) in [6.07, 6.45) is 0.881. The molecule has 1 aromatic carbocycles. The highest BCUT2D eigenvalue weighted by Crippen LogP contribution is 2.27. The third kappa shape index (κ3) is 2.17. The van der Waals surface area contributed by atoms with E-state index in [0.29, 0.717) is 6.54 Å². The number of hydrogen-bond acceptors (Lipinski definition) is 3. The molecule has 0 aromatic heterocycles. The Balaban J connectivity index is 2.59. The summed E-state index contributed by atoms with van der Waals surface area (Å²) in [5.74, 6) is 0. The number of hydrogen-bond donors (Lipinski definition) is 0. The molecule has 0 unspecified atom stereocenters. The second-order valence-electron chi connectivity index (χ2n) is 3.82. The van der Waals surface area contributed by atoms with E-state index in [1.165, 1.54) is 0 Å². The molecule has 3 nitrogen and oxygen atoms in total. The molecule has 0 aliphatic carbocycles. The van der Waals surface area contributed by atoms with Crippen molar-refractivity contribution in [2.24, 2.45) is 0 Å². The third-order valence-electron chi connectivity index (χ3n) is 2.68. The molecule has 0 radical (unpaired) electrons. The zero-order chi connectivity index (χ0) is 11.1. The van der Waals surface area contributed by atoms with Crippen molar-refractivity contribution < 1.29 is 8.42 Å². The molecule has 1 heterocycles. The summed E-state index contributed by atoms with van der Waals surface area (Å²) in [4.78, 5) is 2.35. The topological polar surface area (TPSA) is 37.4 Å². The Morgan fingerprint density at radius 2 is 2.13 bits per heavy atom. The molecule has 15 heavy (non-hydrogen) atoms. The van der Waals surface area contributed by atoms with Crippen LogP contribution < -0.4 is 0 Å². The molecule has 0 atom stereocenters. The highest BCUT2D eigenvalue weighted by Gasteiger charge is 2.22. The minimum absolute atomic E-state index is 0.258. The van der Waals surface area contributed by atoms with Gasteiger partial charge in [0, 0.05) is 23.8 Å². The Morgan fingerprint density at radius 1 is 1.40 bits per heavy atom. The first-order valence-electron chi connectivity index (χ1n) is 4.72. The first-order chi connectivity index (χ1) is 6.98. The number of nitrogens with zero attached hydrogens (tertiary/aromatic N) is 1. The average Bonchev–Trinajstić information content (AvgIpc) is 2.15. The summed E-state index contributed by atoms with van der Waals surface area (Å²) >= 11 is 0. The lowest BCUT2D eigenvalue weighted by molar-refractivity contribution is 0.309. The molecule has 0 amide bonds. The predicted molar refractivity (Wildman–Crippen MR) is 59.5 cm³/mol. The van der Waals surface area contributed by atoms with Crippen LogP contribution in [0.4, 0.5) is 0 Å². The van der Waals surface area contributed by atoms with E-state index < -0.39 is 9.05 Å². The van der Waals surface area contributed by atoms with Gasteiger partial charge in [0.1, 0.15) is 0 Å². The minimum atomic E-state index is -3.62. The fourth-order valence-corrected chi connectivity index (χ4v) is 3.08. The Labute approximate surface area is 94.1 Å². The first kappa shape index (κ1) is 10.9. The van der Waals surface area contributed by atoms with Crippen LogP contribution in [0, 0.1) is 0 Å². The third-order valence-corrected chi connectivity index (χ3v) is 4.09. The van der Waals surface area contributed by atoms with Crippen LogP contribution in [0.5, 0.6) is 0 Å². The van der Waals surface area contributed by atoms with Gasteiger partial charge in [-0.25, -0.2) is 8.42 Å². The fourth-order valence-electron chi connectivity index (χ4n) is 1.91. The van der Waals surface area contributed by atoms with E-state index in [0.717, 1.165) is 24.1 Å². The second-order valence-corrected chi connectivity index (χ2v) is 6.35. The highest BCUT2D eigenvalue weighted by atomic mass is 35.7. The predicted octanol–water partition coefficient (Wildman–Crippen LogP) is 1.60. The molecule has 0 saturated carbocycles. The Kier molecular flexibility index (Phi) is 2.75. The van der Waals surface area contributed by atoms with Crippen molar-refractivity contribution in [3.63, 3.8) is 0 Å². The van der Waals surface area contributed by atoms with Gasteiger partial charge in [-0.2, -0.15) is 0 Å². The Morgan fingerprint density at radius 3 is 2.80 bits per heavy atom. The zero-order valence-electron chi connectivity index (χ0n) is 8.40. The summed E-state index contributed by atoms with van der Waals surface area (Å²) in [7, 11) is 3.75. The van der Waals surface area contributed by atoms with Crippen molar-refractivity contribution in [3.05, 3.63) is 29.3 Å². The van der Waals surface area contributed by atoms with Crippen molar-refractivity contribution in [1.29, 1.82) is 0 Å². The largest absolute Gasteiger partial charge is 0.302 e. The number of likely N-dealkylation sites (N-methyl/N-ethyl adjacent to an activating group) is 1. The van der Waals surface area contributed by atoms with Crippen molar-refractivity contribution >= 4 is 19.7 Å². The van der Waals surface area contributed by atoms with Gasteiger partial charge in [0.05, 0.1) is 4.90 Å². The lowest BCUT2D eigenvalue weighted by Crippen LogP contribution is -2.27. The van der Waals surface area contributed by atoms with E-state index >= 15 is 0 Å². The van der Waals surface area contributed by atoms with Crippen LogP contribution in [0.15, 0.2) is 23.1 Å². The lowest BCUT2D eigenvalue weighted by Gasteiger charge is -2.26. The smallest absolute Gasteiger partial charge is 0.261 e. The number of benzene rings is 1. The molecular formula is C10H12ClNO2S. The summed E-state index contributed by atoms with van der Waals surface area (Å²) in [5, 5.41) is 0. The molecule has 2 rings (SSSR count). The molecule has 1 aliphatic rings. The first-order valence-corrected chi connectivity index (χ1v) is 7.03. The van der Waals surface area contributed by atoms with Crippen LogP contribution in [0.2, 0.25) is 0 Å². The van der Waals surface area contributed by atoms with Crippen molar-refractivity contribution in [2.45, 2.75) is 17.9 Å². The summed E-state index contributed by atoms with van der Waals surface area (Å²) in [6, 6.07) is 5.29. The number of rotatable bonds is 1. The van der Waals surface area contributed by atoms with Crippen LogP contribution in [-0.4, -0.2) is 26.9 Å². The molecule has 0 spiro atoms. The Hall–Kier alpha value is -0.580. The van der Waals surface area contributed by atoms with Crippen LogP contribution in [-0.2, 0) is 22.0 Å². The molecule has 0 bridgehead atoms. The molecule has 0 N–H and O–H groups in total. The van der Waals surface area contributed by atoms with Gasteiger partial charge >= 0.3 is 0 Å². The molecule has 0 saturated heterocycles. The summed E-state index contributed by atoms with van der Waals surface area (Å²) in [6.45, 7) is 1.61. The van der Waals surface area contributed by atoms with Gasteiger partial charge in [-0.3, -0.25) is 0 Å². The number of halogens is 1. The molecular weight excluding hydrogens is 234 g/mol. The highest BCUT2D eigenvalue weighted by molar-refractivity contribution is 8.13. The maximum absolute atomic E-state index is 11.4. The van der Waals surface area contributed by atoms with Crippen molar-refractivity contribution in [1.82, 2.24) is 4.90 Å². The van der Waals surface area contributed by atoms with Gasteiger partial charge in [0.2, 0.25) is 0 Å². The van der Waals surface area contributed by atoms with Crippen LogP contribution in [0.1, 0.15) is 11.1 Å². The maximum Gasteiger partial charge on any atom is 0.261 e. The quantitative estimate of drug-likeness (QED) is 0.706. The normalized spacial score (nSPS) is 17.5. The van der Waals surface area contributed by atoms with Gasteiger partial charge < -0.3 is 4.90 Å². The van der Waals surface area contributed by atoms with Gasteiger partial charge in [0.15, 0.2) is 0 Å². The molecule has 5 heteroatoms. The van der Waals surface area contributed by atoms with Crippen LogP contribution >= 0.6 is 10.7 Å². The maximum atomic E-state index is 11.4. The monoisotopic (exact) mass is 245 g/mol. The van der Waals surface area contributed by atoms with Gasteiger partial charge in [-0.15, -0.1) is 0 Å². The number of fused-ring (bicyclic) bond motifs is 1. The second kappa shape index (κ2) is 3.77. The van der Waals surface area contributed by atoms with E-state index in [-0.39, 0.29) is 4.90 Å². The van der Waals surface area contributed by atoms with Crippen molar-refractivity contribution in [3.8, 4) is 0 Å². The average molecular weight is 246 g/mol. The van der Waals surface area contributed by atoms with Gasteiger partial charge in [-0.05, 0) is 30.7 Å². The molecule has 82 valence electrons. The van der Waals surface area contributed by atoms with E-state index in [9.17, 15) is 8.42 Å². The Bertz CT molecular complexity index is 484. The van der Waals surface area contributed by atoms with E-state index in [1.54, 1.807) is 12.1 Å². The van der Waals surface area contributed by atoms with E-state index in [2.05, 4.69) is 4.90 Å². The fraction of sp³-hybridized carbons (Fsp3) is 0.400. The van der Waals surface area contributed by atoms with Gasteiger partial charge in [-0.1, -0.05) is 12.1 Å². The summed E-state index contributed by atoms with van der Waals surface area (Å²) in [5.41, 5.74) is 1.94. The lowest BCUT2D eigenvalue weighted by atomic mass is 10.0. The molecule has 0 fully saturated rings. The standard InChI is InChI=1S/C10H12ClNO2S/c1-12-6-5-8-3-2-4-10(9(8)7-12)15(11,13)14/h2-4H,5-7H2,1H3. The minimum Gasteiger partial charge on any atom is -0.302 e. The zero-order valence-corrected chi connectivity index (χ0v) is 9.98. The summed E-state index contributed by atoms with van der Waals surface area (Å²) < 4.78 is 22.7. The van der Waals surface area contributed by atoms with E-state index in [1.807, 2.05) is 13.1 Å². The molecule has 1 aromatic rings.